The average Bonchev–Trinajstić information content (AvgIpc) is 2.78. The van der Waals surface area contributed by atoms with Gasteiger partial charge in [-0.25, -0.2) is 0 Å². The van der Waals surface area contributed by atoms with Gasteiger partial charge < -0.3 is 20.0 Å². The third kappa shape index (κ3) is 6.59. The van der Waals surface area contributed by atoms with Crippen molar-refractivity contribution in [3.63, 3.8) is 0 Å². The molecule has 2 aromatic rings. The molecule has 0 aliphatic carbocycles. The van der Waals surface area contributed by atoms with Crippen LogP contribution in [0.2, 0.25) is 0 Å². The van der Waals surface area contributed by atoms with Crippen LogP contribution in [0.5, 0.6) is 0 Å². The molecule has 0 atom stereocenters. The molecule has 0 bridgehead atoms. The van der Waals surface area contributed by atoms with E-state index in [1.54, 1.807) is 4.90 Å². The molecule has 1 aliphatic heterocycles. The monoisotopic (exact) mass is 435 g/mol. The molecule has 7 heteroatoms. The first kappa shape index (κ1) is 23.3. The number of rotatable bonds is 7. The van der Waals surface area contributed by atoms with Crippen molar-refractivity contribution < 1.29 is 9.59 Å². The number of benzene rings is 2. The van der Waals surface area contributed by atoms with E-state index in [9.17, 15) is 9.59 Å². The molecule has 1 aliphatic rings. The lowest BCUT2D eigenvalue weighted by atomic mass is 10.1. The Hall–Kier alpha value is -3.32. The minimum Gasteiger partial charge on any atom is -0.378 e. The number of piperazine rings is 1. The first-order valence-electron chi connectivity index (χ1n) is 10.9. The summed E-state index contributed by atoms with van der Waals surface area (Å²) < 4.78 is 0. The maximum atomic E-state index is 12.5. The normalized spacial score (nSPS) is 14.4. The lowest BCUT2D eigenvalue weighted by molar-refractivity contribution is -0.128. The average molecular weight is 436 g/mol. The van der Waals surface area contributed by atoms with Gasteiger partial charge in [0.05, 0.1) is 0 Å². The molecular weight excluding hydrogens is 402 g/mol. The lowest BCUT2D eigenvalue weighted by Crippen LogP contribution is -2.47. The van der Waals surface area contributed by atoms with Crippen LogP contribution in [0.15, 0.2) is 60.7 Å². The molecule has 0 aromatic heterocycles. The summed E-state index contributed by atoms with van der Waals surface area (Å²) in [6.07, 6.45) is 2.67. The van der Waals surface area contributed by atoms with Gasteiger partial charge >= 0.3 is 0 Å². The zero-order valence-corrected chi connectivity index (χ0v) is 19.4. The second-order valence-electron chi connectivity index (χ2n) is 8.43. The van der Waals surface area contributed by atoms with Crippen LogP contribution in [-0.4, -0.2) is 76.0 Å². The van der Waals surface area contributed by atoms with Gasteiger partial charge in [-0.05, 0) is 42.0 Å². The standard InChI is InChI=1S/C25H33N5O2/c1-27(2)22-9-5-20(6-10-22)19-29-15-17-30(18-16-29)25(32)14-13-24(31)26-21-7-11-23(12-8-21)28(3)4/h5-14H,15-19H2,1-4H3,(H,26,31)/b14-13+. The second-order valence-corrected chi connectivity index (χ2v) is 8.43. The Morgan fingerprint density at radius 1 is 0.812 bits per heavy atom. The summed E-state index contributed by atoms with van der Waals surface area (Å²) in [5, 5.41) is 2.79. The molecule has 170 valence electrons. The highest BCUT2D eigenvalue weighted by atomic mass is 16.2. The Kier molecular flexibility index (Phi) is 7.89. The van der Waals surface area contributed by atoms with Crippen LogP contribution in [0, 0.1) is 0 Å². The van der Waals surface area contributed by atoms with E-state index in [1.165, 1.54) is 23.4 Å². The Balaban J connectivity index is 1.43. The van der Waals surface area contributed by atoms with Gasteiger partial charge in [-0.2, -0.15) is 0 Å². The Bertz CT molecular complexity index is 928. The van der Waals surface area contributed by atoms with Crippen molar-refractivity contribution in [3.05, 3.63) is 66.2 Å². The largest absolute Gasteiger partial charge is 0.378 e. The van der Waals surface area contributed by atoms with E-state index in [2.05, 4.69) is 39.4 Å². The minimum atomic E-state index is -0.309. The maximum absolute atomic E-state index is 12.5. The van der Waals surface area contributed by atoms with E-state index in [4.69, 9.17) is 0 Å². The number of carbonyl (C=O) groups excluding carboxylic acids is 2. The van der Waals surface area contributed by atoms with Crippen LogP contribution in [0.3, 0.4) is 0 Å². The molecule has 0 spiro atoms. The predicted molar refractivity (Wildman–Crippen MR) is 131 cm³/mol. The van der Waals surface area contributed by atoms with E-state index in [0.29, 0.717) is 18.8 Å². The van der Waals surface area contributed by atoms with Crippen LogP contribution in [0.1, 0.15) is 5.56 Å². The first-order chi connectivity index (χ1) is 15.3. The fourth-order valence-electron chi connectivity index (χ4n) is 3.56. The second kappa shape index (κ2) is 10.8. The molecule has 2 amide bonds. The van der Waals surface area contributed by atoms with Crippen LogP contribution < -0.4 is 15.1 Å². The van der Waals surface area contributed by atoms with Crippen LogP contribution in [-0.2, 0) is 16.1 Å². The zero-order valence-electron chi connectivity index (χ0n) is 19.4. The number of carbonyl (C=O) groups is 2. The van der Waals surface area contributed by atoms with Gasteiger partial charge in [0.15, 0.2) is 0 Å². The molecule has 2 aromatic carbocycles. The van der Waals surface area contributed by atoms with Gasteiger partial charge in [0.1, 0.15) is 0 Å². The zero-order chi connectivity index (χ0) is 23.1. The summed E-state index contributed by atoms with van der Waals surface area (Å²) in [6.45, 7) is 3.83. The number of hydrogen-bond donors (Lipinski definition) is 1. The van der Waals surface area contributed by atoms with Crippen molar-refractivity contribution >= 4 is 28.9 Å². The summed E-state index contributed by atoms with van der Waals surface area (Å²) in [6, 6.07) is 16.1. The van der Waals surface area contributed by atoms with Crippen molar-refractivity contribution in [3.8, 4) is 0 Å². The van der Waals surface area contributed by atoms with Crippen LogP contribution in [0.25, 0.3) is 0 Å². The molecular formula is C25H33N5O2. The van der Waals surface area contributed by atoms with Gasteiger partial charge in [-0.1, -0.05) is 12.1 Å². The number of hydrogen-bond acceptors (Lipinski definition) is 5. The molecule has 32 heavy (non-hydrogen) atoms. The van der Waals surface area contributed by atoms with Crippen LogP contribution in [0.4, 0.5) is 17.1 Å². The molecule has 3 rings (SSSR count). The maximum Gasteiger partial charge on any atom is 0.248 e. The molecule has 0 unspecified atom stereocenters. The van der Waals surface area contributed by atoms with Crippen molar-refractivity contribution in [2.45, 2.75) is 6.54 Å². The number of anilines is 3. The number of amides is 2. The van der Waals surface area contributed by atoms with E-state index in [-0.39, 0.29) is 11.8 Å². The van der Waals surface area contributed by atoms with Crippen molar-refractivity contribution in [2.75, 3.05) is 69.5 Å². The highest BCUT2D eigenvalue weighted by molar-refractivity contribution is 6.03. The fourth-order valence-corrected chi connectivity index (χ4v) is 3.56. The van der Waals surface area contributed by atoms with E-state index < -0.39 is 0 Å². The van der Waals surface area contributed by atoms with Crippen molar-refractivity contribution in [1.82, 2.24) is 9.80 Å². The van der Waals surface area contributed by atoms with Crippen LogP contribution >= 0.6 is 0 Å². The topological polar surface area (TPSA) is 59.1 Å². The van der Waals surface area contributed by atoms with Crippen molar-refractivity contribution in [1.29, 1.82) is 0 Å². The predicted octanol–water partition coefficient (Wildman–Crippen LogP) is 2.66. The molecule has 0 radical (unpaired) electrons. The fraction of sp³-hybridized carbons (Fsp3) is 0.360. The first-order valence-corrected chi connectivity index (χ1v) is 10.9. The van der Waals surface area contributed by atoms with Crippen molar-refractivity contribution in [2.24, 2.45) is 0 Å². The van der Waals surface area contributed by atoms with Gasteiger partial charge in [-0.3, -0.25) is 14.5 Å². The lowest BCUT2D eigenvalue weighted by Gasteiger charge is -2.34. The third-order valence-electron chi connectivity index (χ3n) is 5.57. The van der Waals surface area contributed by atoms with Gasteiger partial charge in [-0.15, -0.1) is 0 Å². The Morgan fingerprint density at radius 3 is 1.88 bits per heavy atom. The number of nitrogens with zero attached hydrogens (tertiary/aromatic N) is 4. The SMILES string of the molecule is CN(C)c1ccc(CN2CCN(C(=O)/C=C/C(=O)Nc3ccc(N(C)C)cc3)CC2)cc1. The number of nitrogens with one attached hydrogen (secondary N) is 1. The molecule has 0 saturated carbocycles. The van der Waals surface area contributed by atoms with Gasteiger partial charge in [0.2, 0.25) is 11.8 Å². The smallest absolute Gasteiger partial charge is 0.248 e. The third-order valence-corrected chi connectivity index (χ3v) is 5.57. The van der Waals surface area contributed by atoms with E-state index >= 15 is 0 Å². The molecule has 1 heterocycles. The quantitative estimate of drug-likeness (QED) is 0.678. The molecule has 1 N–H and O–H groups in total. The molecule has 7 nitrogen and oxygen atoms in total. The Labute approximate surface area is 190 Å². The van der Waals surface area contributed by atoms with Gasteiger partial charge in [0.25, 0.3) is 0 Å². The van der Waals surface area contributed by atoms with E-state index in [1.807, 2.05) is 57.4 Å². The summed E-state index contributed by atoms with van der Waals surface area (Å²) >= 11 is 0. The molecule has 1 saturated heterocycles. The Morgan fingerprint density at radius 2 is 1.34 bits per heavy atom. The summed E-state index contributed by atoms with van der Waals surface area (Å²) in [5.41, 5.74) is 4.21. The van der Waals surface area contributed by atoms with Gasteiger partial charge in [0, 0.05) is 90.1 Å². The highest BCUT2D eigenvalue weighted by Crippen LogP contribution is 2.16. The summed E-state index contributed by atoms with van der Waals surface area (Å²) in [5.74, 6) is -0.436. The van der Waals surface area contributed by atoms with E-state index in [0.717, 1.165) is 25.3 Å². The minimum absolute atomic E-state index is 0.127. The summed E-state index contributed by atoms with van der Waals surface area (Å²) in [4.78, 5) is 32.8. The molecule has 1 fully saturated rings. The summed E-state index contributed by atoms with van der Waals surface area (Å²) in [7, 11) is 7.99. The highest BCUT2D eigenvalue weighted by Gasteiger charge is 2.19.